The van der Waals surface area contributed by atoms with Gasteiger partial charge in [0.2, 0.25) is 5.82 Å². The first-order chi connectivity index (χ1) is 14.4. The van der Waals surface area contributed by atoms with Crippen LogP contribution in [0.1, 0.15) is 21.7 Å². The maximum atomic E-state index is 12.9. The molecule has 0 atom stereocenters. The van der Waals surface area contributed by atoms with E-state index in [1.807, 2.05) is 62.4 Å². The normalized spacial score (nSPS) is 10.8. The van der Waals surface area contributed by atoms with Gasteiger partial charge in [-0.25, -0.2) is 9.67 Å². The van der Waals surface area contributed by atoms with Crippen LogP contribution in [0, 0.1) is 13.8 Å². The van der Waals surface area contributed by atoms with Crippen molar-refractivity contribution < 1.29 is 4.79 Å². The minimum atomic E-state index is -0.399. The van der Waals surface area contributed by atoms with Crippen molar-refractivity contribution in [3.63, 3.8) is 0 Å². The van der Waals surface area contributed by atoms with Gasteiger partial charge in [0.1, 0.15) is 0 Å². The van der Waals surface area contributed by atoms with Crippen LogP contribution in [0.4, 0.5) is 5.69 Å². The molecule has 1 N–H and O–H groups in total. The van der Waals surface area contributed by atoms with Crippen molar-refractivity contribution >= 4 is 39.1 Å². The van der Waals surface area contributed by atoms with Crippen molar-refractivity contribution in [2.24, 2.45) is 0 Å². The van der Waals surface area contributed by atoms with Crippen LogP contribution in [0.5, 0.6) is 0 Å². The highest BCUT2D eigenvalue weighted by Gasteiger charge is 2.19. The molecule has 0 aliphatic rings. The van der Waals surface area contributed by atoms with Crippen LogP contribution in [0.25, 0.3) is 17.1 Å². The van der Waals surface area contributed by atoms with E-state index >= 15 is 0 Å². The van der Waals surface area contributed by atoms with E-state index in [-0.39, 0.29) is 5.82 Å². The van der Waals surface area contributed by atoms with Crippen molar-refractivity contribution in [1.29, 1.82) is 0 Å². The number of nitrogens with zero attached hydrogens (tertiary/aromatic N) is 3. The lowest BCUT2D eigenvalue weighted by Gasteiger charge is -2.07. The molecule has 1 amide bonds. The van der Waals surface area contributed by atoms with Gasteiger partial charge < -0.3 is 5.32 Å². The van der Waals surface area contributed by atoms with E-state index in [4.69, 9.17) is 11.6 Å². The van der Waals surface area contributed by atoms with E-state index in [9.17, 15) is 4.79 Å². The lowest BCUT2D eigenvalue weighted by Crippen LogP contribution is -2.15. The van der Waals surface area contributed by atoms with Gasteiger partial charge in [0.25, 0.3) is 5.91 Å². The molecule has 4 aromatic rings. The second-order valence-corrected chi connectivity index (χ2v) is 8.20. The smallest absolute Gasteiger partial charge is 0.295 e. The van der Waals surface area contributed by atoms with Gasteiger partial charge in [0, 0.05) is 20.7 Å². The summed E-state index contributed by atoms with van der Waals surface area (Å²) >= 11 is 9.61. The van der Waals surface area contributed by atoms with E-state index in [2.05, 4.69) is 31.3 Å². The number of carbonyl (C=O) groups is 1. The maximum absolute atomic E-state index is 12.9. The molecule has 1 heterocycles. The van der Waals surface area contributed by atoms with Gasteiger partial charge in [0.15, 0.2) is 5.82 Å². The second-order valence-electron chi connectivity index (χ2n) is 6.88. The summed E-state index contributed by atoms with van der Waals surface area (Å²) in [6.07, 6.45) is 0. The van der Waals surface area contributed by atoms with Crippen LogP contribution >= 0.6 is 27.5 Å². The summed E-state index contributed by atoms with van der Waals surface area (Å²) in [5.74, 6) is 0.266. The zero-order chi connectivity index (χ0) is 21.3. The Bertz CT molecular complexity index is 1150. The van der Waals surface area contributed by atoms with Crippen LogP contribution in [0.15, 0.2) is 71.2 Å². The third kappa shape index (κ3) is 4.15. The average molecular weight is 482 g/mol. The predicted octanol–water partition coefficient (Wildman–Crippen LogP) is 6.22. The fraction of sp³-hybridized carbons (Fsp3) is 0.0870. The first kappa shape index (κ1) is 20.3. The monoisotopic (exact) mass is 480 g/mol. The molecule has 7 heteroatoms. The zero-order valence-electron chi connectivity index (χ0n) is 16.4. The largest absolute Gasteiger partial charge is 0.319 e. The molecule has 30 heavy (non-hydrogen) atoms. The Morgan fingerprint density at radius 1 is 1.00 bits per heavy atom. The second kappa shape index (κ2) is 8.42. The molecular weight excluding hydrogens is 464 g/mol. The van der Waals surface area contributed by atoms with Gasteiger partial charge >= 0.3 is 0 Å². The number of nitrogens with one attached hydrogen (secondary N) is 1. The Balaban J connectivity index is 1.76. The first-order valence-corrected chi connectivity index (χ1v) is 10.5. The molecular formula is C23H18BrClN4O. The fourth-order valence-corrected chi connectivity index (χ4v) is 3.42. The van der Waals surface area contributed by atoms with Crippen LogP contribution in [0.3, 0.4) is 0 Å². The third-order valence-corrected chi connectivity index (χ3v) is 5.65. The number of aromatic nitrogens is 3. The maximum Gasteiger partial charge on any atom is 0.295 e. The number of hydrogen-bond acceptors (Lipinski definition) is 3. The summed E-state index contributed by atoms with van der Waals surface area (Å²) in [5, 5.41) is 7.95. The van der Waals surface area contributed by atoms with Crippen molar-refractivity contribution in [3.8, 4) is 17.1 Å². The molecule has 0 saturated heterocycles. The molecule has 0 spiro atoms. The topological polar surface area (TPSA) is 59.8 Å². The SMILES string of the molecule is Cc1ccc(-c2nc(C(=O)Nc3cccc(Cl)c3C)nn2-c2ccc(Br)cc2)cc1. The van der Waals surface area contributed by atoms with E-state index < -0.39 is 5.91 Å². The summed E-state index contributed by atoms with van der Waals surface area (Å²) in [6, 6.07) is 21.0. The number of carbonyl (C=O) groups excluding carboxylic acids is 1. The van der Waals surface area contributed by atoms with E-state index in [0.717, 1.165) is 26.9 Å². The Morgan fingerprint density at radius 2 is 1.70 bits per heavy atom. The quantitative estimate of drug-likeness (QED) is 0.376. The number of halogens is 2. The van der Waals surface area contributed by atoms with Gasteiger partial charge in [-0.15, -0.1) is 5.10 Å². The minimum absolute atomic E-state index is 0.0767. The van der Waals surface area contributed by atoms with E-state index in [0.29, 0.717) is 16.5 Å². The van der Waals surface area contributed by atoms with Crippen molar-refractivity contribution in [2.45, 2.75) is 13.8 Å². The molecule has 150 valence electrons. The highest BCUT2D eigenvalue weighted by atomic mass is 79.9. The molecule has 0 fully saturated rings. The van der Waals surface area contributed by atoms with Gasteiger partial charge in [-0.05, 0) is 55.8 Å². The van der Waals surface area contributed by atoms with Gasteiger partial charge in [-0.2, -0.15) is 0 Å². The Morgan fingerprint density at radius 3 is 2.40 bits per heavy atom. The number of rotatable bonds is 4. The number of aryl methyl sites for hydroxylation is 1. The number of benzene rings is 3. The molecule has 0 saturated carbocycles. The molecule has 0 unspecified atom stereocenters. The average Bonchev–Trinajstić information content (AvgIpc) is 3.18. The molecule has 5 nitrogen and oxygen atoms in total. The number of anilines is 1. The summed E-state index contributed by atoms with van der Waals surface area (Å²) in [6.45, 7) is 3.87. The number of hydrogen-bond donors (Lipinski definition) is 1. The Labute approximate surface area is 187 Å². The van der Waals surface area contributed by atoms with Crippen LogP contribution < -0.4 is 5.32 Å². The number of amides is 1. The standard InChI is InChI=1S/C23H18BrClN4O/c1-14-6-8-16(9-7-14)22-27-21(28-29(22)18-12-10-17(24)11-13-18)23(30)26-20-5-3-4-19(25)15(20)2/h3-13H,1-2H3,(H,26,30). The molecule has 0 bridgehead atoms. The summed E-state index contributed by atoms with van der Waals surface area (Å²) < 4.78 is 2.63. The van der Waals surface area contributed by atoms with E-state index in [1.165, 1.54) is 0 Å². The molecule has 0 radical (unpaired) electrons. The molecule has 0 aliphatic heterocycles. The van der Waals surface area contributed by atoms with Crippen molar-refractivity contribution in [1.82, 2.24) is 14.8 Å². The summed E-state index contributed by atoms with van der Waals surface area (Å²) in [4.78, 5) is 17.5. The summed E-state index contributed by atoms with van der Waals surface area (Å²) in [7, 11) is 0. The van der Waals surface area contributed by atoms with Crippen LogP contribution in [0.2, 0.25) is 5.02 Å². The molecule has 0 aliphatic carbocycles. The van der Waals surface area contributed by atoms with Gasteiger partial charge in [0.05, 0.1) is 5.69 Å². The lowest BCUT2D eigenvalue weighted by molar-refractivity contribution is 0.101. The third-order valence-electron chi connectivity index (χ3n) is 4.71. The van der Waals surface area contributed by atoms with Gasteiger partial charge in [-0.1, -0.05) is 63.4 Å². The van der Waals surface area contributed by atoms with Crippen LogP contribution in [-0.2, 0) is 0 Å². The minimum Gasteiger partial charge on any atom is -0.319 e. The predicted molar refractivity (Wildman–Crippen MR) is 123 cm³/mol. The highest BCUT2D eigenvalue weighted by Crippen LogP contribution is 2.25. The lowest BCUT2D eigenvalue weighted by atomic mass is 10.1. The Hall–Kier alpha value is -2.96. The van der Waals surface area contributed by atoms with Crippen LogP contribution in [-0.4, -0.2) is 20.7 Å². The first-order valence-electron chi connectivity index (χ1n) is 9.29. The fourth-order valence-electron chi connectivity index (χ4n) is 2.98. The van der Waals surface area contributed by atoms with E-state index in [1.54, 1.807) is 22.9 Å². The highest BCUT2D eigenvalue weighted by molar-refractivity contribution is 9.10. The van der Waals surface area contributed by atoms with Gasteiger partial charge in [-0.3, -0.25) is 4.79 Å². The van der Waals surface area contributed by atoms with Crippen molar-refractivity contribution in [3.05, 3.63) is 93.2 Å². The van der Waals surface area contributed by atoms with Crippen molar-refractivity contribution in [2.75, 3.05) is 5.32 Å². The summed E-state index contributed by atoms with van der Waals surface area (Å²) in [5.41, 5.74) is 4.24. The Kier molecular flexibility index (Phi) is 5.70. The molecule has 1 aromatic heterocycles. The zero-order valence-corrected chi connectivity index (χ0v) is 18.7. The molecule has 4 rings (SSSR count). The molecule has 3 aromatic carbocycles.